The number of hydrogen-bond donors (Lipinski definition) is 2. The van der Waals surface area contributed by atoms with Gasteiger partial charge in [0.1, 0.15) is 12.1 Å². The molecule has 8 heteroatoms. The highest BCUT2D eigenvalue weighted by atomic mass is 79.9. The third-order valence-corrected chi connectivity index (χ3v) is 3.08. The molecule has 0 bridgehead atoms. The van der Waals surface area contributed by atoms with Gasteiger partial charge in [-0.2, -0.15) is 4.98 Å². The number of halogens is 1. The second kappa shape index (κ2) is 6.46. The topological polar surface area (TPSA) is 80.5 Å². The van der Waals surface area contributed by atoms with Crippen LogP contribution >= 0.6 is 15.9 Å². The normalized spacial score (nSPS) is 10.5. The monoisotopic (exact) mass is 325 g/mol. The van der Waals surface area contributed by atoms with E-state index in [-0.39, 0.29) is 0 Å². The predicted molar refractivity (Wildman–Crippen MR) is 76.8 cm³/mol. The molecule has 0 atom stereocenters. The molecule has 0 aromatic carbocycles. The van der Waals surface area contributed by atoms with Gasteiger partial charge in [0.25, 0.3) is 0 Å². The summed E-state index contributed by atoms with van der Waals surface area (Å²) >= 11 is 3.42. The van der Waals surface area contributed by atoms with E-state index in [1.165, 1.54) is 0 Å². The summed E-state index contributed by atoms with van der Waals surface area (Å²) in [6.45, 7) is 3.50. The van der Waals surface area contributed by atoms with Crippen molar-refractivity contribution in [3.63, 3.8) is 0 Å². The Morgan fingerprint density at radius 3 is 2.89 bits per heavy atom. The first-order chi connectivity index (χ1) is 9.20. The minimum Gasteiger partial charge on any atom is -0.362 e. The third kappa shape index (κ3) is 3.63. The fraction of sp³-hybridized carbons (Fsp3) is 0.455. The molecule has 2 rings (SSSR count). The van der Waals surface area contributed by atoms with Gasteiger partial charge in [0, 0.05) is 19.8 Å². The van der Waals surface area contributed by atoms with Crippen LogP contribution in [0.5, 0.6) is 0 Å². The second-order valence-electron chi connectivity index (χ2n) is 4.03. The summed E-state index contributed by atoms with van der Waals surface area (Å²) in [5.74, 6) is 2.19. The van der Waals surface area contributed by atoms with Crippen molar-refractivity contribution >= 4 is 27.7 Å². The summed E-state index contributed by atoms with van der Waals surface area (Å²) in [5, 5.41) is 14.2. The molecule has 0 fully saturated rings. The van der Waals surface area contributed by atoms with Crippen molar-refractivity contribution in [2.75, 3.05) is 17.2 Å². The fourth-order valence-electron chi connectivity index (χ4n) is 1.44. The maximum absolute atomic E-state index is 4.40. The molecule has 0 aliphatic rings. The molecule has 102 valence electrons. The van der Waals surface area contributed by atoms with Gasteiger partial charge in [-0.25, -0.2) is 4.98 Å². The first kappa shape index (κ1) is 13.7. The average molecular weight is 326 g/mol. The van der Waals surface area contributed by atoms with Crippen LogP contribution in [0, 0.1) is 0 Å². The van der Waals surface area contributed by atoms with Crippen molar-refractivity contribution in [2.45, 2.75) is 19.9 Å². The van der Waals surface area contributed by atoms with Crippen molar-refractivity contribution in [1.82, 2.24) is 24.7 Å². The molecule has 19 heavy (non-hydrogen) atoms. The number of aryl methyl sites for hydroxylation is 1. The zero-order valence-electron chi connectivity index (χ0n) is 10.9. The van der Waals surface area contributed by atoms with Crippen LogP contribution in [0.1, 0.15) is 19.2 Å². The first-order valence-corrected chi connectivity index (χ1v) is 6.83. The molecule has 0 aliphatic heterocycles. The maximum Gasteiger partial charge on any atom is 0.224 e. The average Bonchev–Trinajstić information content (AvgIpc) is 2.82. The fourth-order valence-corrected chi connectivity index (χ4v) is 1.77. The Morgan fingerprint density at radius 2 is 2.21 bits per heavy atom. The molecule has 2 aromatic heterocycles. The minimum atomic E-state index is 0.555. The SMILES string of the molecule is CCCNc1ncc(Br)c(NCc2nncn2C)n1. The summed E-state index contributed by atoms with van der Waals surface area (Å²) in [6, 6.07) is 0. The predicted octanol–water partition coefficient (Wildman–Crippen LogP) is 1.80. The Bertz CT molecular complexity index is 540. The van der Waals surface area contributed by atoms with Crippen molar-refractivity contribution < 1.29 is 0 Å². The van der Waals surface area contributed by atoms with Crippen molar-refractivity contribution in [2.24, 2.45) is 7.05 Å². The molecule has 0 aliphatic carbocycles. The van der Waals surface area contributed by atoms with Gasteiger partial charge in [-0.15, -0.1) is 10.2 Å². The van der Waals surface area contributed by atoms with Crippen LogP contribution < -0.4 is 10.6 Å². The number of nitrogens with zero attached hydrogens (tertiary/aromatic N) is 5. The lowest BCUT2D eigenvalue weighted by molar-refractivity contribution is 0.809. The van der Waals surface area contributed by atoms with Crippen LogP contribution in [-0.2, 0) is 13.6 Å². The number of aromatic nitrogens is 5. The molecule has 2 aromatic rings. The zero-order valence-corrected chi connectivity index (χ0v) is 12.5. The highest BCUT2D eigenvalue weighted by Gasteiger charge is 2.06. The molecule has 0 amide bonds. The Kier molecular flexibility index (Phi) is 4.67. The summed E-state index contributed by atoms with van der Waals surface area (Å²) in [5.41, 5.74) is 0. The molecule has 2 N–H and O–H groups in total. The van der Waals surface area contributed by atoms with Gasteiger partial charge >= 0.3 is 0 Å². The molecule has 0 saturated carbocycles. The Hall–Kier alpha value is -1.70. The van der Waals surface area contributed by atoms with Gasteiger partial charge in [-0.3, -0.25) is 0 Å². The van der Waals surface area contributed by atoms with E-state index in [4.69, 9.17) is 0 Å². The van der Waals surface area contributed by atoms with E-state index < -0.39 is 0 Å². The lowest BCUT2D eigenvalue weighted by atomic mass is 10.5. The van der Waals surface area contributed by atoms with E-state index >= 15 is 0 Å². The smallest absolute Gasteiger partial charge is 0.224 e. The van der Waals surface area contributed by atoms with Gasteiger partial charge in [0.15, 0.2) is 5.82 Å². The zero-order chi connectivity index (χ0) is 13.7. The lowest BCUT2D eigenvalue weighted by Gasteiger charge is -2.09. The first-order valence-electron chi connectivity index (χ1n) is 6.04. The minimum absolute atomic E-state index is 0.555. The molecule has 0 radical (unpaired) electrons. The van der Waals surface area contributed by atoms with Crippen molar-refractivity contribution in [3.05, 3.63) is 22.8 Å². The van der Waals surface area contributed by atoms with E-state index in [9.17, 15) is 0 Å². The molecular weight excluding hydrogens is 310 g/mol. The Labute approximate surface area is 120 Å². The molecule has 0 saturated heterocycles. The van der Waals surface area contributed by atoms with Gasteiger partial charge in [0.2, 0.25) is 5.95 Å². The van der Waals surface area contributed by atoms with Crippen LogP contribution in [-0.4, -0.2) is 31.3 Å². The number of hydrogen-bond acceptors (Lipinski definition) is 6. The summed E-state index contributed by atoms with van der Waals surface area (Å²) in [4.78, 5) is 8.60. The lowest BCUT2D eigenvalue weighted by Crippen LogP contribution is -2.10. The van der Waals surface area contributed by atoms with Gasteiger partial charge in [0.05, 0.1) is 11.0 Å². The Morgan fingerprint density at radius 1 is 1.37 bits per heavy atom. The van der Waals surface area contributed by atoms with E-state index in [0.717, 1.165) is 29.1 Å². The highest BCUT2D eigenvalue weighted by Crippen LogP contribution is 2.20. The highest BCUT2D eigenvalue weighted by molar-refractivity contribution is 9.10. The van der Waals surface area contributed by atoms with Crippen LogP contribution in [0.15, 0.2) is 17.0 Å². The van der Waals surface area contributed by atoms with E-state index in [2.05, 4.69) is 53.7 Å². The maximum atomic E-state index is 4.40. The molecular formula is C11H16BrN7. The van der Waals surface area contributed by atoms with Gasteiger partial charge in [-0.05, 0) is 22.4 Å². The summed E-state index contributed by atoms with van der Waals surface area (Å²) in [7, 11) is 1.90. The van der Waals surface area contributed by atoms with E-state index in [0.29, 0.717) is 12.5 Å². The van der Waals surface area contributed by atoms with Crippen LogP contribution in [0.25, 0.3) is 0 Å². The number of rotatable bonds is 6. The van der Waals surface area contributed by atoms with E-state index in [1.807, 2.05) is 11.6 Å². The largest absolute Gasteiger partial charge is 0.362 e. The number of anilines is 2. The van der Waals surface area contributed by atoms with Crippen LogP contribution in [0.3, 0.4) is 0 Å². The third-order valence-electron chi connectivity index (χ3n) is 2.50. The van der Waals surface area contributed by atoms with Crippen LogP contribution in [0.4, 0.5) is 11.8 Å². The van der Waals surface area contributed by atoms with Crippen molar-refractivity contribution in [1.29, 1.82) is 0 Å². The summed E-state index contributed by atoms with van der Waals surface area (Å²) in [6.07, 6.45) is 4.42. The quantitative estimate of drug-likeness (QED) is 0.843. The van der Waals surface area contributed by atoms with Gasteiger partial charge in [-0.1, -0.05) is 6.92 Å². The standard InChI is InChI=1S/C11H16BrN7/c1-3-4-13-11-15-5-8(12)10(17-11)14-6-9-18-16-7-19(9)2/h5,7H,3-4,6H2,1-2H3,(H2,13,14,15,17). The molecule has 0 spiro atoms. The number of nitrogens with one attached hydrogen (secondary N) is 2. The molecule has 7 nitrogen and oxygen atoms in total. The Balaban J connectivity index is 2.04. The van der Waals surface area contributed by atoms with Crippen LogP contribution in [0.2, 0.25) is 0 Å². The van der Waals surface area contributed by atoms with E-state index in [1.54, 1.807) is 12.5 Å². The van der Waals surface area contributed by atoms with Gasteiger partial charge < -0.3 is 15.2 Å². The molecule has 0 unspecified atom stereocenters. The summed E-state index contributed by atoms with van der Waals surface area (Å²) < 4.78 is 2.68. The second-order valence-corrected chi connectivity index (χ2v) is 4.88. The molecule has 2 heterocycles. The van der Waals surface area contributed by atoms with Crippen molar-refractivity contribution in [3.8, 4) is 0 Å².